The number of hydrogen-bond acceptors (Lipinski definition) is 3. The molecule has 0 atom stereocenters. The van der Waals surface area contributed by atoms with Crippen LogP contribution in [0.3, 0.4) is 0 Å². The van der Waals surface area contributed by atoms with Crippen LogP contribution in [0.4, 0.5) is 10.5 Å². The lowest BCUT2D eigenvalue weighted by molar-refractivity contribution is 0.103. The number of benzene rings is 2. The van der Waals surface area contributed by atoms with Crippen molar-refractivity contribution in [2.24, 2.45) is 0 Å². The predicted molar refractivity (Wildman–Crippen MR) is 95.6 cm³/mol. The molecule has 0 saturated heterocycles. The zero-order chi connectivity index (χ0) is 17.5. The van der Waals surface area contributed by atoms with Crippen LogP contribution in [0.1, 0.15) is 15.9 Å². The topological polar surface area (TPSA) is 76.0 Å². The molecule has 0 spiro atoms. The van der Waals surface area contributed by atoms with Crippen molar-refractivity contribution in [1.29, 1.82) is 0 Å². The molecule has 1 heterocycles. The van der Waals surface area contributed by atoms with Gasteiger partial charge in [0.25, 0.3) is 0 Å². The van der Waals surface area contributed by atoms with Crippen molar-refractivity contribution in [2.75, 3.05) is 11.9 Å². The highest BCUT2D eigenvalue weighted by Crippen LogP contribution is 2.14. The normalized spacial score (nSPS) is 10.2. The van der Waals surface area contributed by atoms with Gasteiger partial charge in [0.1, 0.15) is 0 Å². The first-order valence-corrected chi connectivity index (χ1v) is 7.93. The van der Waals surface area contributed by atoms with Crippen LogP contribution in [0, 0.1) is 0 Å². The fourth-order valence-electron chi connectivity index (χ4n) is 2.39. The van der Waals surface area contributed by atoms with Gasteiger partial charge >= 0.3 is 6.03 Å². The first-order chi connectivity index (χ1) is 12.2. The maximum absolute atomic E-state index is 12.5. The summed E-state index contributed by atoms with van der Waals surface area (Å²) >= 11 is 0. The highest BCUT2D eigenvalue weighted by Gasteiger charge is 2.09. The molecule has 0 aliphatic rings. The molecule has 6 heteroatoms. The predicted octanol–water partition coefficient (Wildman–Crippen LogP) is 2.94. The molecule has 126 valence electrons. The molecule has 0 aliphatic heterocycles. The minimum atomic E-state index is -0.315. The Morgan fingerprint density at radius 2 is 1.80 bits per heavy atom. The molecule has 0 radical (unpaired) electrons. The second-order valence-corrected chi connectivity index (χ2v) is 5.46. The molecule has 1 aromatic heterocycles. The lowest BCUT2D eigenvalue weighted by Gasteiger charge is -2.09. The number of hydrogen-bond donors (Lipinski definition) is 2. The van der Waals surface area contributed by atoms with Crippen molar-refractivity contribution in [3.8, 4) is 0 Å². The van der Waals surface area contributed by atoms with E-state index in [1.54, 1.807) is 48.9 Å². The van der Waals surface area contributed by atoms with E-state index >= 15 is 0 Å². The fraction of sp³-hybridized carbons (Fsp3) is 0.105. The number of carbonyl (C=O) groups is 2. The highest BCUT2D eigenvalue weighted by molar-refractivity contribution is 6.09. The number of amides is 2. The maximum Gasteiger partial charge on any atom is 0.319 e. The zero-order valence-corrected chi connectivity index (χ0v) is 13.6. The van der Waals surface area contributed by atoms with Crippen molar-refractivity contribution in [3.05, 3.63) is 84.4 Å². The number of imidazole rings is 1. The van der Waals surface area contributed by atoms with E-state index in [4.69, 9.17) is 0 Å². The third-order valence-corrected chi connectivity index (χ3v) is 3.63. The molecule has 2 N–H and O–H groups in total. The van der Waals surface area contributed by atoms with E-state index in [1.807, 2.05) is 29.0 Å². The number of nitrogens with zero attached hydrogens (tertiary/aromatic N) is 2. The van der Waals surface area contributed by atoms with Gasteiger partial charge in [-0.05, 0) is 12.1 Å². The number of carbonyl (C=O) groups excluding carboxylic acids is 2. The van der Waals surface area contributed by atoms with E-state index in [9.17, 15) is 9.59 Å². The van der Waals surface area contributed by atoms with Gasteiger partial charge in [-0.25, -0.2) is 9.78 Å². The summed E-state index contributed by atoms with van der Waals surface area (Å²) in [5, 5.41) is 5.51. The first-order valence-electron chi connectivity index (χ1n) is 7.93. The molecule has 0 unspecified atom stereocenters. The molecular formula is C19H18N4O2. The van der Waals surface area contributed by atoms with Gasteiger partial charge in [-0.3, -0.25) is 4.79 Å². The highest BCUT2D eigenvalue weighted by atomic mass is 16.2. The van der Waals surface area contributed by atoms with E-state index in [0.29, 0.717) is 29.9 Å². The Morgan fingerprint density at radius 1 is 1.00 bits per heavy atom. The molecule has 25 heavy (non-hydrogen) atoms. The number of aromatic nitrogens is 2. The van der Waals surface area contributed by atoms with Crippen molar-refractivity contribution < 1.29 is 9.59 Å². The van der Waals surface area contributed by atoms with E-state index in [0.717, 1.165) is 0 Å². The van der Waals surface area contributed by atoms with Gasteiger partial charge < -0.3 is 15.2 Å². The van der Waals surface area contributed by atoms with Gasteiger partial charge in [0.2, 0.25) is 0 Å². The van der Waals surface area contributed by atoms with Crippen LogP contribution in [-0.4, -0.2) is 27.9 Å². The molecule has 6 nitrogen and oxygen atoms in total. The Labute approximate surface area is 145 Å². The van der Waals surface area contributed by atoms with E-state index < -0.39 is 0 Å². The van der Waals surface area contributed by atoms with Crippen LogP contribution in [0.25, 0.3) is 0 Å². The minimum absolute atomic E-state index is 0.0789. The van der Waals surface area contributed by atoms with Crippen molar-refractivity contribution in [3.63, 3.8) is 0 Å². The quantitative estimate of drug-likeness (QED) is 0.681. The average molecular weight is 334 g/mol. The average Bonchev–Trinajstić information content (AvgIpc) is 3.15. The largest absolute Gasteiger partial charge is 0.336 e. The minimum Gasteiger partial charge on any atom is -0.336 e. The number of nitrogens with one attached hydrogen (secondary N) is 2. The number of rotatable bonds is 6. The third kappa shape index (κ3) is 4.54. The van der Waals surface area contributed by atoms with Gasteiger partial charge in [-0.2, -0.15) is 0 Å². The standard InChI is InChI=1S/C19H18N4O2/c24-18(15-5-2-1-3-6-15)16-7-4-8-17(13-16)22-19(25)21-10-12-23-11-9-20-14-23/h1-9,11,13-14H,10,12H2,(H2,21,22,25). The Hall–Kier alpha value is -3.41. The molecule has 0 saturated carbocycles. The maximum atomic E-state index is 12.5. The van der Waals surface area contributed by atoms with E-state index in [-0.39, 0.29) is 11.8 Å². The van der Waals surface area contributed by atoms with Gasteiger partial charge in [0.05, 0.1) is 6.33 Å². The second kappa shape index (κ2) is 7.92. The van der Waals surface area contributed by atoms with E-state index in [1.165, 1.54) is 0 Å². The number of urea groups is 1. The Balaban J connectivity index is 1.57. The third-order valence-electron chi connectivity index (χ3n) is 3.63. The lowest BCUT2D eigenvalue weighted by Crippen LogP contribution is -2.31. The lowest BCUT2D eigenvalue weighted by atomic mass is 10.0. The van der Waals surface area contributed by atoms with Gasteiger partial charge in [-0.1, -0.05) is 42.5 Å². The number of anilines is 1. The Bertz CT molecular complexity index is 845. The number of ketones is 1. The molecule has 0 aliphatic carbocycles. The molecule has 0 bridgehead atoms. The van der Waals surface area contributed by atoms with Gasteiger partial charge in [-0.15, -0.1) is 0 Å². The van der Waals surface area contributed by atoms with E-state index in [2.05, 4.69) is 15.6 Å². The van der Waals surface area contributed by atoms with Crippen LogP contribution in [0.2, 0.25) is 0 Å². The molecule has 3 aromatic rings. The zero-order valence-electron chi connectivity index (χ0n) is 13.6. The monoisotopic (exact) mass is 334 g/mol. The summed E-state index contributed by atoms with van der Waals surface area (Å²) in [6, 6.07) is 15.6. The Kier molecular flexibility index (Phi) is 5.21. The molecule has 2 aromatic carbocycles. The summed E-state index contributed by atoms with van der Waals surface area (Å²) in [5.41, 5.74) is 1.72. The van der Waals surface area contributed by atoms with Crippen LogP contribution in [-0.2, 0) is 6.54 Å². The van der Waals surface area contributed by atoms with Gasteiger partial charge in [0, 0.05) is 42.3 Å². The van der Waals surface area contributed by atoms with Crippen LogP contribution in [0.15, 0.2) is 73.3 Å². The second-order valence-electron chi connectivity index (χ2n) is 5.46. The van der Waals surface area contributed by atoms with Crippen molar-refractivity contribution >= 4 is 17.5 Å². The van der Waals surface area contributed by atoms with Crippen LogP contribution in [0.5, 0.6) is 0 Å². The first kappa shape index (κ1) is 16.4. The van der Waals surface area contributed by atoms with Gasteiger partial charge in [0.15, 0.2) is 5.78 Å². The van der Waals surface area contributed by atoms with Crippen LogP contribution < -0.4 is 10.6 Å². The van der Waals surface area contributed by atoms with Crippen molar-refractivity contribution in [1.82, 2.24) is 14.9 Å². The summed E-state index contributed by atoms with van der Waals surface area (Å²) in [7, 11) is 0. The summed E-state index contributed by atoms with van der Waals surface area (Å²) in [4.78, 5) is 28.4. The summed E-state index contributed by atoms with van der Waals surface area (Å²) in [6.45, 7) is 1.12. The fourth-order valence-corrected chi connectivity index (χ4v) is 2.39. The van der Waals surface area contributed by atoms with Crippen molar-refractivity contribution in [2.45, 2.75) is 6.54 Å². The molecule has 2 amide bonds. The summed E-state index contributed by atoms with van der Waals surface area (Å²) in [6.07, 6.45) is 5.21. The SMILES string of the molecule is O=C(NCCn1ccnc1)Nc1cccc(C(=O)c2ccccc2)c1. The molecular weight excluding hydrogens is 316 g/mol. The molecule has 3 rings (SSSR count). The van der Waals surface area contributed by atoms with Crippen LogP contribution >= 0.6 is 0 Å². The summed E-state index contributed by atoms with van der Waals surface area (Å²) in [5.74, 6) is -0.0789. The Morgan fingerprint density at radius 3 is 2.56 bits per heavy atom. The summed E-state index contributed by atoms with van der Waals surface area (Å²) < 4.78 is 1.87. The molecule has 0 fully saturated rings. The smallest absolute Gasteiger partial charge is 0.319 e.